The van der Waals surface area contributed by atoms with Crippen LogP contribution in [0.15, 0.2) is 11.2 Å². The molecule has 2 aliphatic carbocycles. The fourth-order valence-corrected chi connectivity index (χ4v) is 4.18. The maximum absolute atomic E-state index is 6.63. The Kier molecular flexibility index (Phi) is 4.42. The van der Waals surface area contributed by atoms with Crippen LogP contribution in [0.4, 0.5) is 11.5 Å². The van der Waals surface area contributed by atoms with Gasteiger partial charge in [0.25, 0.3) is 0 Å². The highest BCUT2D eigenvalue weighted by Crippen LogP contribution is 2.39. The van der Waals surface area contributed by atoms with Crippen molar-refractivity contribution < 1.29 is 4.74 Å². The quantitative estimate of drug-likeness (QED) is 0.625. The molecule has 1 aromatic rings. The molecule has 4 rings (SSSR count). The van der Waals surface area contributed by atoms with Gasteiger partial charge < -0.3 is 15.8 Å². The van der Waals surface area contributed by atoms with Gasteiger partial charge >= 0.3 is 0 Å². The summed E-state index contributed by atoms with van der Waals surface area (Å²) in [5, 5.41) is 3.44. The highest BCUT2D eigenvalue weighted by Gasteiger charge is 2.40. The Bertz CT molecular complexity index is 655. The molecule has 130 valence electrons. The van der Waals surface area contributed by atoms with Gasteiger partial charge in [0, 0.05) is 24.9 Å². The van der Waals surface area contributed by atoms with Crippen molar-refractivity contribution in [2.24, 2.45) is 22.6 Å². The maximum Gasteiger partial charge on any atom is 0.185 e. The van der Waals surface area contributed by atoms with Crippen molar-refractivity contribution >= 4 is 40.3 Å². The summed E-state index contributed by atoms with van der Waals surface area (Å²) in [6.45, 7) is 0.942. The number of fused-ring (bicyclic) bond motifs is 1. The van der Waals surface area contributed by atoms with Crippen LogP contribution in [0.2, 0.25) is 0 Å². The lowest BCUT2D eigenvalue weighted by Gasteiger charge is -2.41. The first kappa shape index (κ1) is 16.5. The fraction of sp³-hybridized carbons (Fsp3) is 0.647. The highest BCUT2D eigenvalue weighted by atomic mass is 127. The molecule has 0 bridgehead atoms. The molecule has 2 heterocycles. The molecule has 0 aromatic carbocycles. The molecule has 6 nitrogen and oxygen atoms in total. The predicted molar refractivity (Wildman–Crippen MR) is 104 cm³/mol. The van der Waals surface area contributed by atoms with Crippen LogP contribution in [0.3, 0.4) is 0 Å². The number of rotatable bonds is 4. The zero-order valence-corrected chi connectivity index (χ0v) is 15.8. The number of hydrogen-bond acceptors (Lipinski definition) is 6. The molecule has 0 amide bonds. The Labute approximate surface area is 156 Å². The first-order chi connectivity index (χ1) is 11.5. The molecule has 1 aliphatic heterocycles. The van der Waals surface area contributed by atoms with E-state index in [4.69, 9.17) is 16.2 Å². The number of pyridine rings is 1. The number of nitrogens with zero attached hydrogens (tertiary/aromatic N) is 2. The van der Waals surface area contributed by atoms with Crippen LogP contribution in [0.25, 0.3) is 0 Å². The molecule has 2 fully saturated rings. The molecule has 1 atom stereocenters. The Morgan fingerprint density at radius 2 is 2.00 bits per heavy atom. The van der Waals surface area contributed by atoms with E-state index in [1.807, 2.05) is 0 Å². The minimum absolute atomic E-state index is 0.299. The molecule has 0 saturated heterocycles. The Morgan fingerprint density at radius 3 is 2.71 bits per heavy atom. The van der Waals surface area contributed by atoms with Gasteiger partial charge in [0.15, 0.2) is 5.79 Å². The molecule has 1 unspecified atom stereocenters. The van der Waals surface area contributed by atoms with Crippen molar-refractivity contribution in [3.05, 3.63) is 15.3 Å². The van der Waals surface area contributed by atoms with Crippen molar-refractivity contribution in [1.29, 1.82) is 0 Å². The van der Waals surface area contributed by atoms with Crippen LogP contribution >= 0.6 is 22.6 Å². The van der Waals surface area contributed by atoms with E-state index in [-0.39, 0.29) is 0 Å². The second kappa shape index (κ2) is 6.42. The SMILES string of the molecule is Nc1ncc(I)c2c1C=NC(N)(C1CCC(OCC3CC3)CC1)N2. The molecule has 3 aliphatic rings. The fourth-order valence-electron chi connectivity index (χ4n) is 3.61. The van der Waals surface area contributed by atoms with Gasteiger partial charge in [-0.3, -0.25) is 5.73 Å². The maximum atomic E-state index is 6.63. The summed E-state index contributed by atoms with van der Waals surface area (Å²) in [6, 6.07) is 0. The normalized spacial score (nSPS) is 32.2. The molecular weight excluding hydrogens is 417 g/mol. The van der Waals surface area contributed by atoms with Gasteiger partial charge in [-0.2, -0.15) is 0 Å². The van der Waals surface area contributed by atoms with E-state index in [1.165, 1.54) is 12.8 Å². The van der Waals surface area contributed by atoms with E-state index >= 15 is 0 Å². The molecular formula is C17H24IN5O. The van der Waals surface area contributed by atoms with Crippen LogP contribution in [-0.2, 0) is 4.74 Å². The van der Waals surface area contributed by atoms with E-state index < -0.39 is 5.79 Å². The lowest BCUT2D eigenvalue weighted by molar-refractivity contribution is 0.00538. The Morgan fingerprint density at radius 1 is 1.25 bits per heavy atom. The molecule has 0 radical (unpaired) electrons. The van der Waals surface area contributed by atoms with Gasteiger partial charge in [-0.25, -0.2) is 9.98 Å². The third-order valence-corrected chi connectivity index (χ3v) is 6.21. The van der Waals surface area contributed by atoms with Crippen molar-refractivity contribution in [2.75, 3.05) is 17.7 Å². The van der Waals surface area contributed by atoms with Gasteiger partial charge in [0.05, 0.1) is 20.9 Å². The summed E-state index contributed by atoms with van der Waals surface area (Å²) in [5.74, 6) is 0.849. The first-order valence-electron chi connectivity index (χ1n) is 8.73. The molecule has 2 saturated carbocycles. The number of anilines is 2. The zero-order chi connectivity index (χ0) is 16.7. The van der Waals surface area contributed by atoms with Gasteiger partial charge in [-0.15, -0.1) is 0 Å². The van der Waals surface area contributed by atoms with E-state index in [9.17, 15) is 0 Å². The number of aliphatic imine (C=N–C) groups is 1. The van der Waals surface area contributed by atoms with Crippen LogP contribution in [-0.4, -0.2) is 29.7 Å². The topological polar surface area (TPSA) is 98.5 Å². The molecule has 5 N–H and O–H groups in total. The minimum atomic E-state index is -0.762. The van der Waals surface area contributed by atoms with Gasteiger partial charge in [-0.1, -0.05) is 0 Å². The Hall–Kier alpha value is -0.930. The monoisotopic (exact) mass is 441 g/mol. The zero-order valence-electron chi connectivity index (χ0n) is 13.7. The summed E-state index contributed by atoms with van der Waals surface area (Å²) in [4.78, 5) is 8.80. The number of halogens is 1. The lowest BCUT2D eigenvalue weighted by Crippen LogP contribution is -2.55. The number of nitrogens with one attached hydrogen (secondary N) is 1. The van der Waals surface area contributed by atoms with Crippen LogP contribution in [0.5, 0.6) is 0 Å². The van der Waals surface area contributed by atoms with E-state index in [2.05, 4.69) is 37.9 Å². The summed E-state index contributed by atoms with van der Waals surface area (Å²) in [5.41, 5.74) is 14.4. The van der Waals surface area contributed by atoms with Crippen molar-refractivity contribution in [2.45, 2.75) is 50.4 Å². The highest BCUT2D eigenvalue weighted by molar-refractivity contribution is 14.1. The average molecular weight is 441 g/mol. The minimum Gasteiger partial charge on any atom is -0.383 e. The van der Waals surface area contributed by atoms with Gasteiger partial charge in [0.1, 0.15) is 5.82 Å². The summed E-state index contributed by atoms with van der Waals surface area (Å²) >= 11 is 2.26. The number of nitrogen functional groups attached to an aromatic ring is 1. The second-order valence-electron chi connectivity index (χ2n) is 7.24. The average Bonchev–Trinajstić information content (AvgIpc) is 3.41. The number of aromatic nitrogens is 1. The number of nitrogens with two attached hydrogens (primary N) is 2. The first-order valence-corrected chi connectivity index (χ1v) is 9.81. The Balaban J connectivity index is 1.42. The number of hydrogen-bond donors (Lipinski definition) is 3. The van der Waals surface area contributed by atoms with E-state index in [0.717, 1.165) is 53.0 Å². The second-order valence-corrected chi connectivity index (χ2v) is 8.40. The predicted octanol–water partition coefficient (Wildman–Crippen LogP) is 2.71. The van der Waals surface area contributed by atoms with Gasteiger partial charge in [0.2, 0.25) is 0 Å². The lowest BCUT2D eigenvalue weighted by atomic mass is 9.82. The summed E-state index contributed by atoms with van der Waals surface area (Å²) in [6.07, 6.45) is 10.8. The third-order valence-electron chi connectivity index (χ3n) is 5.39. The van der Waals surface area contributed by atoms with Crippen LogP contribution in [0, 0.1) is 15.4 Å². The van der Waals surface area contributed by atoms with Gasteiger partial charge in [-0.05, 0) is 67.0 Å². The molecule has 7 heteroatoms. The smallest absolute Gasteiger partial charge is 0.185 e. The van der Waals surface area contributed by atoms with E-state index in [0.29, 0.717) is 17.8 Å². The van der Waals surface area contributed by atoms with Crippen LogP contribution < -0.4 is 16.8 Å². The third kappa shape index (κ3) is 3.25. The molecule has 1 aromatic heterocycles. The standard InChI is InChI=1S/C17H24IN5O/c18-14-8-21-16(19)13-7-22-17(20,23-15(13)14)11-3-5-12(6-4-11)24-9-10-1-2-10/h7-8,10-12,23H,1-6,9,20H2,(H2,19,21). The van der Waals surface area contributed by atoms with Crippen molar-refractivity contribution in [3.8, 4) is 0 Å². The summed E-state index contributed by atoms with van der Waals surface area (Å²) < 4.78 is 7.05. The van der Waals surface area contributed by atoms with Crippen LogP contribution in [0.1, 0.15) is 44.1 Å². The summed E-state index contributed by atoms with van der Waals surface area (Å²) in [7, 11) is 0. The van der Waals surface area contributed by atoms with Crippen molar-refractivity contribution in [3.63, 3.8) is 0 Å². The van der Waals surface area contributed by atoms with Crippen molar-refractivity contribution in [1.82, 2.24) is 4.98 Å². The molecule has 24 heavy (non-hydrogen) atoms. The van der Waals surface area contributed by atoms with E-state index in [1.54, 1.807) is 12.4 Å². The number of ether oxygens (including phenoxy) is 1. The molecule has 0 spiro atoms. The largest absolute Gasteiger partial charge is 0.383 e.